The van der Waals surface area contributed by atoms with Gasteiger partial charge in [0.25, 0.3) is 0 Å². The van der Waals surface area contributed by atoms with E-state index in [4.69, 9.17) is 18.6 Å². The summed E-state index contributed by atoms with van der Waals surface area (Å²) in [5.74, 6) is -0.845. The highest BCUT2D eigenvalue weighted by molar-refractivity contribution is 7.91. The van der Waals surface area contributed by atoms with Crippen LogP contribution in [0.1, 0.15) is 77.5 Å². The van der Waals surface area contributed by atoms with Gasteiger partial charge in [0.2, 0.25) is 0 Å². The Kier molecular flexibility index (Phi) is 14.6. The molecular formula is C37H56O8SSi. The van der Waals surface area contributed by atoms with E-state index in [1.807, 2.05) is 75.4 Å². The van der Waals surface area contributed by atoms with Crippen LogP contribution in [0.5, 0.6) is 0 Å². The van der Waals surface area contributed by atoms with Crippen molar-refractivity contribution in [3.63, 3.8) is 0 Å². The van der Waals surface area contributed by atoms with Gasteiger partial charge in [0.05, 0.1) is 36.2 Å². The smallest absolute Gasteiger partial charge is 0.336 e. The molecule has 2 aromatic rings. The van der Waals surface area contributed by atoms with Crippen LogP contribution in [0.25, 0.3) is 6.08 Å². The van der Waals surface area contributed by atoms with Gasteiger partial charge in [0, 0.05) is 13.7 Å². The molecule has 2 rings (SSSR count). The van der Waals surface area contributed by atoms with Crippen molar-refractivity contribution in [1.29, 1.82) is 0 Å². The Morgan fingerprint density at radius 2 is 1.55 bits per heavy atom. The number of hydrogen-bond acceptors (Lipinski definition) is 8. The average molecular weight is 689 g/mol. The first kappa shape index (κ1) is 40.4. The summed E-state index contributed by atoms with van der Waals surface area (Å²) in [5.41, 5.74) is 1.14. The lowest BCUT2D eigenvalue weighted by molar-refractivity contribution is -0.152. The molecule has 0 aliphatic carbocycles. The predicted molar refractivity (Wildman–Crippen MR) is 191 cm³/mol. The van der Waals surface area contributed by atoms with Gasteiger partial charge in [-0.1, -0.05) is 95.6 Å². The molecule has 47 heavy (non-hydrogen) atoms. The van der Waals surface area contributed by atoms with Crippen molar-refractivity contribution in [2.24, 2.45) is 5.41 Å². The maximum absolute atomic E-state index is 13.8. The predicted octanol–water partition coefficient (Wildman–Crippen LogP) is 7.52. The van der Waals surface area contributed by atoms with Crippen molar-refractivity contribution in [3.8, 4) is 0 Å². The van der Waals surface area contributed by atoms with E-state index in [0.29, 0.717) is 30.4 Å². The zero-order valence-electron chi connectivity index (χ0n) is 30.1. The van der Waals surface area contributed by atoms with Crippen molar-refractivity contribution >= 4 is 36.2 Å². The van der Waals surface area contributed by atoms with Crippen LogP contribution in [0.15, 0.2) is 60.2 Å². The molecule has 0 saturated carbocycles. The van der Waals surface area contributed by atoms with Gasteiger partial charge in [-0.05, 0) is 66.1 Å². The minimum atomic E-state index is -3.36. The number of sulfone groups is 1. The number of benzene rings is 2. The third kappa shape index (κ3) is 12.6. The number of esters is 2. The molecule has 10 heteroatoms. The summed E-state index contributed by atoms with van der Waals surface area (Å²) in [6.45, 7) is 16.8. The van der Waals surface area contributed by atoms with E-state index in [1.165, 1.54) is 14.2 Å². The van der Waals surface area contributed by atoms with Crippen LogP contribution in [-0.4, -0.2) is 67.6 Å². The van der Waals surface area contributed by atoms with Gasteiger partial charge in [0.15, 0.2) is 18.2 Å². The van der Waals surface area contributed by atoms with E-state index in [0.717, 1.165) is 11.1 Å². The van der Waals surface area contributed by atoms with Crippen molar-refractivity contribution < 1.29 is 36.6 Å². The molecule has 0 radical (unpaired) electrons. The number of rotatable bonds is 18. The summed E-state index contributed by atoms with van der Waals surface area (Å²) in [6.07, 6.45) is 3.32. The van der Waals surface area contributed by atoms with E-state index in [2.05, 4.69) is 33.9 Å². The van der Waals surface area contributed by atoms with Gasteiger partial charge in [-0.15, -0.1) is 0 Å². The second-order valence-electron chi connectivity index (χ2n) is 14.8. The number of hydrogen-bond donors (Lipinski definition) is 0. The second kappa shape index (κ2) is 17.0. The van der Waals surface area contributed by atoms with Crippen LogP contribution < -0.4 is 0 Å². The third-order valence-corrected chi connectivity index (χ3v) is 15.6. The molecule has 262 valence electrons. The molecule has 1 atom stereocenters. The molecule has 0 heterocycles. The van der Waals surface area contributed by atoms with Gasteiger partial charge in [-0.2, -0.15) is 0 Å². The van der Waals surface area contributed by atoms with Gasteiger partial charge < -0.3 is 18.6 Å². The van der Waals surface area contributed by atoms with Gasteiger partial charge in [-0.3, -0.25) is 4.79 Å². The van der Waals surface area contributed by atoms with E-state index < -0.39 is 35.0 Å². The summed E-state index contributed by atoms with van der Waals surface area (Å²) in [5, 5.41) is 0.00823. The first-order valence-corrected chi connectivity index (χ1v) is 20.9. The molecule has 0 N–H and O–H groups in total. The number of methoxy groups -OCH3 is 2. The second-order valence-corrected chi connectivity index (χ2v) is 21.8. The van der Waals surface area contributed by atoms with Crippen LogP contribution in [0.4, 0.5) is 0 Å². The molecule has 0 amide bonds. The molecule has 0 aromatic heterocycles. The maximum Gasteiger partial charge on any atom is 0.336 e. The van der Waals surface area contributed by atoms with Crippen LogP contribution >= 0.6 is 0 Å². The molecular weight excluding hydrogens is 633 g/mol. The standard InChI is InChI=1S/C37H56O8SSi/c1-35(2,3)47(9,10)45-22-23-46(40,41)28-36(4,5)20-15-21-37(6,34(39)44-26-29-16-12-11-13-17-29)32-19-14-18-30(25-32)24-31(27-42-7)33(38)43-8/h11-14,16-19,24-25H,15,20-23,26-28H2,1-10H3/b31-24+/t37-/m1/s1. The zero-order chi connectivity index (χ0) is 35.5. The largest absolute Gasteiger partial charge is 0.466 e. The Bertz CT molecular complexity index is 1460. The first-order valence-electron chi connectivity index (χ1n) is 16.2. The summed E-state index contributed by atoms with van der Waals surface area (Å²) in [6, 6.07) is 17.0. The minimum absolute atomic E-state index is 0.00823. The number of carbonyl (C=O) groups is 2. The number of carbonyl (C=O) groups excluding carboxylic acids is 2. The normalized spacial score (nSPS) is 14.4. The average Bonchev–Trinajstić information content (AvgIpc) is 2.98. The van der Waals surface area contributed by atoms with Gasteiger partial charge in [-0.25, -0.2) is 13.2 Å². The lowest BCUT2D eigenvalue weighted by atomic mass is 9.76. The Morgan fingerprint density at radius 1 is 0.894 bits per heavy atom. The highest BCUT2D eigenvalue weighted by atomic mass is 32.2. The lowest BCUT2D eigenvalue weighted by Gasteiger charge is -2.36. The highest BCUT2D eigenvalue weighted by Crippen LogP contribution is 2.37. The summed E-state index contributed by atoms with van der Waals surface area (Å²) >= 11 is 0. The molecule has 0 fully saturated rings. The molecule has 0 aliphatic rings. The maximum atomic E-state index is 13.8. The fourth-order valence-corrected chi connectivity index (χ4v) is 8.18. The fraction of sp³-hybridized carbons (Fsp3) is 0.568. The van der Waals surface area contributed by atoms with Crippen LogP contribution in [0.3, 0.4) is 0 Å². The number of ether oxygens (including phenoxy) is 3. The van der Waals surface area contributed by atoms with E-state index in [9.17, 15) is 18.0 Å². The topological polar surface area (TPSA) is 105 Å². The van der Waals surface area contributed by atoms with Crippen LogP contribution in [0.2, 0.25) is 18.1 Å². The molecule has 0 bridgehead atoms. The molecule has 8 nitrogen and oxygen atoms in total. The quantitative estimate of drug-likeness (QED) is 0.0900. The molecule has 2 aromatic carbocycles. The Labute approximate surface area is 284 Å². The highest BCUT2D eigenvalue weighted by Gasteiger charge is 2.39. The summed E-state index contributed by atoms with van der Waals surface area (Å²) < 4.78 is 48.4. The molecule has 0 aliphatic heterocycles. The monoisotopic (exact) mass is 688 g/mol. The summed E-state index contributed by atoms with van der Waals surface area (Å²) in [4.78, 5) is 26.1. The van der Waals surface area contributed by atoms with Crippen molar-refractivity contribution in [2.45, 2.75) is 91.0 Å². The summed E-state index contributed by atoms with van der Waals surface area (Å²) in [7, 11) is -2.58. The van der Waals surface area contributed by atoms with Gasteiger partial charge >= 0.3 is 11.9 Å². The van der Waals surface area contributed by atoms with E-state index in [-0.39, 0.29) is 42.3 Å². The van der Waals surface area contributed by atoms with Crippen LogP contribution in [0, 0.1) is 5.41 Å². The van der Waals surface area contributed by atoms with Gasteiger partial charge in [0.1, 0.15) is 6.61 Å². The zero-order valence-corrected chi connectivity index (χ0v) is 31.9. The Balaban J connectivity index is 2.26. The first-order chi connectivity index (χ1) is 21.7. The Hall–Kier alpha value is -2.79. The SMILES string of the molecule is COC/C(=C\c1cccc([C@@](C)(CCCC(C)(C)CS(=O)(=O)CCO[Si](C)(C)C(C)(C)C)C(=O)OCc2ccccc2)c1)C(=O)OC. The molecule has 0 saturated heterocycles. The van der Waals surface area contributed by atoms with Crippen LogP contribution in [-0.2, 0) is 50.1 Å². The minimum Gasteiger partial charge on any atom is -0.466 e. The molecule has 0 unspecified atom stereocenters. The lowest BCUT2D eigenvalue weighted by Crippen LogP contribution is -2.42. The van der Waals surface area contributed by atoms with Crippen molar-refractivity contribution in [3.05, 3.63) is 76.9 Å². The Morgan fingerprint density at radius 3 is 2.15 bits per heavy atom. The van der Waals surface area contributed by atoms with E-state index in [1.54, 1.807) is 6.08 Å². The van der Waals surface area contributed by atoms with Crippen molar-refractivity contribution in [2.75, 3.05) is 38.9 Å². The van der Waals surface area contributed by atoms with E-state index >= 15 is 0 Å². The fourth-order valence-electron chi connectivity index (χ4n) is 5.17. The van der Waals surface area contributed by atoms with Crippen molar-refractivity contribution in [1.82, 2.24) is 0 Å². The third-order valence-electron chi connectivity index (χ3n) is 9.08. The molecule has 0 spiro atoms.